The highest BCUT2D eigenvalue weighted by Crippen LogP contribution is 2.28. The second-order valence-electron chi connectivity index (χ2n) is 4.28. The van der Waals surface area contributed by atoms with Crippen LogP contribution >= 0.6 is 0 Å². The molecule has 0 aromatic carbocycles. The van der Waals surface area contributed by atoms with Crippen LogP contribution in [0.2, 0.25) is 0 Å². The molecule has 1 aliphatic rings. The summed E-state index contributed by atoms with van der Waals surface area (Å²) in [6.45, 7) is 5.36. The topological polar surface area (TPSA) is 38.4 Å². The summed E-state index contributed by atoms with van der Waals surface area (Å²) >= 11 is 0. The minimum Gasteiger partial charge on any atom is -0.387 e. The van der Waals surface area contributed by atoms with Crippen LogP contribution in [0.15, 0.2) is 4.99 Å². The first-order chi connectivity index (χ1) is 6.24. The molecule has 1 saturated carbocycles. The fourth-order valence-electron chi connectivity index (χ4n) is 2.07. The van der Waals surface area contributed by atoms with Crippen molar-refractivity contribution < 1.29 is 0 Å². The van der Waals surface area contributed by atoms with E-state index in [1.54, 1.807) is 0 Å². The SMILES string of the molecule is CCCN=C(N)C1CCCC(C)C1. The maximum Gasteiger partial charge on any atom is 0.0968 e. The molecule has 1 rings (SSSR count). The monoisotopic (exact) mass is 182 g/mol. The Labute approximate surface area is 81.6 Å². The van der Waals surface area contributed by atoms with Gasteiger partial charge in [0.2, 0.25) is 0 Å². The molecule has 2 atom stereocenters. The fourth-order valence-corrected chi connectivity index (χ4v) is 2.07. The Morgan fingerprint density at radius 2 is 2.23 bits per heavy atom. The summed E-state index contributed by atoms with van der Waals surface area (Å²) in [7, 11) is 0. The van der Waals surface area contributed by atoms with Crippen molar-refractivity contribution >= 4 is 5.84 Å². The number of hydrogen-bond acceptors (Lipinski definition) is 1. The smallest absolute Gasteiger partial charge is 0.0968 e. The highest BCUT2D eigenvalue weighted by molar-refractivity contribution is 5.82. The summed E-state index contributed by atoms with van der Waals surface area (Å²) in [6.07, 6.45) is 6.30. The first-order valence-corrected chi connectivity index (χ1v) is 5.53. The summed E-state index contributed by atoms with van der Waals surface area (Å²) in [6, 6.07) is 0. The van der Waals surface area contributed by atoms with Crippen molar-refractivity contribution in [1.82, 2.24) is 0 Å². The molecule has 2 N–H and O–H groups in total. The maximum absolute atomic E-state index is 5.95. The Balaban J connectivity index is 2.40. The van der Waals surface area contributed by atoms with Gasteiger partial charge in [-0.2, -0.15) is 0 Å². The number of amidine groups is 1. The van der Waals surface area contributed by atoms with E-state index in [2.05, 4.69) is 18.8 Å². The first-order valence-electron chi connectivity index (χ1n) is 5.53. The van der Waals surface area contributed by atoms with Gasteiger partial charge in [0.25, 0.3) is 0 Å². The minimum absolute atomic E-state index is 0.579. The first kappa shape index (κ1) is 10.6. The molecule has 2 nitrogen and oxygen atoms in total. The van der Waals surface area contributed by atoms with Crippen molar-refractivity contribution in [2.24, 2.45) is 22.6 Å². The van der Waals surface area contributed by atoms with Gasteiger partial charge in [-0.05, 0) is 25.2 Å². The summed E-state index contributed by atoms with van der Waals surface area (Å²) in [5.74, 6) is 2.33. The van der Waals surface area contributed by atoms with Crippen molar-refractivity contribution in [1.29, 1.82) is 0 Å². The molecule has 0 aliphatic heterocycles. The van der Waals surface area contributed by atoms with Gasteiger partial charge in [-0.3, -0.25) is 4.99 Å². The molecule has 0 heterocycles. The van der Waals surface area contributed by atoms with Gasteiger partial charge in [-0.25, -0.2) is 0 Å². The van der Waals surface area contributed by atoms with Crippen LogP contribution in [0.3, 0.4) is 0 Å². The highest BCUT2D eigenvalue weighted by atomic mass is 14.9. The van der Waals surface area contributed by atoms with Crippen LogP contribution in [0.4, 0.5) is 0 Å². The summed E-state index contributed by atoms with van der Waals surface area (Å²) in [5.41, 5.74) is 5.95. The normalized spacial score (nSPS) is 30.5. The zero-order chi connectivity index (χ0) is 9.68. The van der Waals surface area contributed by atoms with Crippen molar-refractivity contribution in [3.8, 4) is 0 Å². The molecule has 0 aromatic heterocycles. The van der Waals surface area contributed by atoms with Crippen LogP contribution in [-0.4, -0.2) is 12.4 Å². The second kappa shape index (κ2) is 5.25. The predicted octanol–water partition coefficient (Wildman–Crippen LogP) is 2.58. The number of nitrogens with two attached hydrogens (primary N) is 1. The maximum atomic E-state index is 5.95. The Kier molecular flexibility index (Phi) is 4.26. The molecule has 0 bridgehead atoms. The van der Waals surface area contributed by atoms with Crippen molar-refractivity contribution in [2.75, 3.05) is 6.54 Å². The molecule has 0 saturated heterocycles. The lowest BCUT2D eigenvalue weighted by Crippen LogP contribution is -2.28. The van der Waals surface area contributed by atoms with Crippen LogP contribution in [0.5, 0.6) is 0 Å². The van der Waals surface area contributed by atoms with Crippen molar-refractivity contribution in [3.05, 3.63) is 0 Å². The van der Waals surface area contributed by atoms with Gasteiger partial charge < -0.3 is 5.73 Å². The van der Waals surface area contributed by atoms with Gasteiger partial charge in [0.1, 0.15) is 0 Å². The largest absolute Gasteiger partial charge is 0.387 e. The molecular weight excluding hydrogens is 160 g/mol. The van der Waals surface area contributed by atoms with E-state index in [1.165, 1.54) is 25.7 Å². The molecule has 13 heavy (non-hydrogen) atoms. The average Bonchev–Trinajstić information content (AvgIpc) is 2.14. The Morgan fingerprint density at radius 3 is 2.85 bits per heavy atom. The van der Waals surface area contributed by atoms with Crippen LogP contribution in [-0.2, 0) is 0 Å². The lowest BCUT2D eigenvalue weighted by molar-refractivity contribution is 0.338. The minimum atomic E-state index is 0.579. The zero-order valence-electron chi connectivity index (χ0n) is 8.92. The van der Waals surface area contributed by atoms with Gasteiger partial charge in [0.15, 0.2) is 0 Å². The van der Waals surface area contributed by atoms with Gasteiger partial charge in [0, 0.05) is 12.5 Å². The Bertz CT molecular complexity index is 175. The van der Waals surface area contributed by atoms with Gasteiger partial charge in [-0.15, -0.1) is 0 Å². The van der Waals surface area contributed by atoms with Crippen LogP contribution in [0, 0.1) is 11.8 Å². The molecule has 0 amide bonds. The quantitative estimate of drug-likeness (QED) is 0.529. The van der Waals surface area contributed by atoms with Crippen LogP contribution in [0.1, 0.15) is 46.0 Å². The average molecular weight is 182 g/mol. The van der Waals surface area contributed by atoms with E-state index in [9.17, 15) is 0 Å². The van der Waals surface area contributed by atoms with E-state index < -0.39 is 0 Å². The predicted molar refractivity (Wildman–Crippen MR) is 57.9 cm³/mol. The molecule has 0 aromatic rings. The summed E-state index contributed by atoms with van der Waals surface area (Å²) < 4.78 is 0. The van der Waals surface area contributed by atoms with Gasteiger partial charge in [-0.1, -0.05) is 26.7 Å². The summed E-state index contributed by atoms with van der Waals surface area (Å²) in [5, 5.41) is 0. The third-order valence-corrected chi connectivity index (χ3v) is 2.87. The molecular formula is C11H22N2. The highest BCUT2D eigenvalue weighted by Gasteiger charge is 2.21. The van der Waals surface area contributed by atoms with Gasteiger partial charge >= 0.3 is 0 Å². The number of hydrogen-bond donors (Lipinski definition) is 1. The lowest BCUT2D eigenvalue weighted by atomic mass is 9.82. The lowest BCUT2D eigenvalue weighted by Gasteiger charge is -2.26. The van der Waals surface area contributed by atoms with Crippen LogP contribution < -0.4 is 5.73 Å². The molecule has 1 fully saturated rings. The van der Waals surface area contributed by atoms with Crippen molar-refractivity contribution in [2.45, 2.75) is 46.0 Å². The number of aliphatic imine (C=N–C) groups is 1. The van der Waals surface area contributed by atoms with E-state index in [4.69, 9.17) is 5.73 Å². The summed E-state index contributed by atoms with van der Waals surface area (Å²) in [4.78, 5) is 4.40. The van der Waals surface area contributed by atoms with Crippen molar-refractivity contribution in [3.63, 3.8) is 0 Å². The standard InChI is InChI=1S/C11H22N2/c1-3-7-13-11(12)10-6-4-5-9(2)8-10/h9-10H,3-8H2,1-2H3,(H2,12,13). The second-order valence-corrected chi connectivity index (χ2v) is 4.28. The third-order valence-electron chi connectivity index (χ3n) is 2.87. The molecule has 2 unspecified atom stereocenters. The van der Waals surface area contributed by atoms with E-state index in [0.717, 1.165) is 24.7 Å². The van der Waals surface area contributed by atoms with E-state index in [1.807, 2.05) is 0 Å². The Morgan fingerprint density at radius 1 is 1.46 bits per heavy atom. The molecule has 76 valence electrons. The van der Waals surface area contributed by atoms with E-state index >= 15 is 0 Å². The van der Waals surface area contributed by atoms with E-state index in [-0.39, 0.29) is 0 Å². The third kappa shape index (κ3) is 3.37. The molecule has 2 heteroatoms. The molecule has 0 radical (unpaired) electrons. The van der Waals surface area contributed by atoms with Gasteiger partial charge in [0.05, 0.1) is 5.84 Å². The number of rotatable bonds is 3. The van der Waals surface area contributed by atoms with E-state index in [0.29, 0.717) is 5.92 Å². The fraction of sp³-hybridized carbons (Fsp3) is 0.909. The Hall–Kier alpha value is -0.530. The molecule has 0 spiro atoms. The zero-order valence-corrected chi connectivity index (χ0v) is 8.92. The number of nitrogens with zero attached hydrogens (tertiary/aromatic N) is 1. The van der Waals surface area contributed by atoms with Crippen LogP contribution in [0.25, 0.3) is 0 Å². The molecule has 1 aliphatic carbocycles.